The number of rotatable bonds is 4. The molecule has 0 bridgehead atoms. The van der Waals surface area contributed by atoms with Crippen LogP contribution in [0.1, 0.15) is 30.7 Å². The van der Waals surface area contributed by atoms with Gasteiger partial charge in [-0.3, -0.25) is 4.72 Å². The molecular formula is C14H19ClN4O3S. The van der Waals surface area contributed by atoms with Crippen molar-refractivity contribution < 1.29 is 12.9 Å². The fourth-order valence-corrected chi connectivity index (χ4v) is 3.02. The SMILES string of the molecule is Cc1ccc(NS(C)(=O)=O)c(-c2nc(C3(N)CCC3)no2)c1.Cl. The summed E-state index contributed by atoms with van der Waals surface area (Å²) < 4.78 is 30.8. The van der Waals surface area contributed by atoms with Crippen molar-refractivity contribution in [3.05, 3.63) is 29.6 Å². The first-order valence-electron chi connectivity index (χ1n) is 6.99. The Morgan fingerprint density at radius 3 is 2.61 bits per heavy atom. The summed E-state index contributed by atoms with van der Waals surface area (Å²) in [5, 5.41) is 3.97. The molecule has 3 N–H and O–H groups in total. The molecule has 0 atom stereocenters. The topological polar surface area (TPSA) is 111 Å². The third-order valence-electron chi connectivity index (χ3n) is 3.82. The Balaban J connectivity index is 0.00000192. The zero-order valence-electron chi connectivity index (χ0n) is 12.9. The minimum absolute atomic E-state index is 0. The first-order valence-corrected chi connectivity index (χ1v) is 8.88. The van der Waals surface area contributed by atoms with Gasteiger partial charge in [-0.2, -0.15) is 4.98 Å². The number of anilines is 1. The number of nitrogens with one attached hydrogen (secondary N) is 1. The molecule has 126 valence electrons. The number of benzene rings is 1. The van der Waals surface area contributed by atoms with E-state index < -0.39 is 15.6 Å². The molecule has 3 rings (SSSR count). The van der Waals surface area contributed by atoms with Gasteiger partial charge in [0.1, 0.15) is 0 Å². The van der Waals surface area contributed by atoms with E-state index in [1.54, 1.807) is 12.1 Å². The van der Waals surface area contributed by atoms with Crippen molar-refractivity contribution in [2.24, 2.45) is 5.73 Å². The summed E-state index contributed by atoms with van der Waals surface area (Å²) in [7, 11) is -3.40. The maximum atomic E-state index is 11.5. The fraction of sp³-hybridized carbons (Fsp3) is 0.429. The first kappa shape index (κ1) is 17.7. The third-order valence-corrected chi connectivity index (χ3v) is 4.41. The number of hydrogen-bond acceptors (Lipinski definition) is 6. The number of sulfonamides is 1. The van der Waals surface area contributed by atoms with Crippen LogP contribution >= 0.6 is 12.4 Å². The van der Waals surface area contributed by atoms with Gasteiger partial charge in [-0.15, -0.1) is 12.4 Å². The molecule has 0 spiro atoms. The van der Waals surface area contributed by atoms with Crippen LogP contribution in [0.15, 0.2) is 22.7 Å². The molecule has 0 unspecified atom stereocenters. The Bertz CT molecular complexity index is 815. The normalized spacial score (nSPS) is 16.3. The van der Waals surface area contributed by atoms with Gasteiger partial charge in [0.2, 0.25) is 10.0 Å². The van der Waals surface area contributed by atoms with Gasteiger partial charge in [0, 0.05) is 0 Å². The second-order valence-electron chi connectivity index (χ2n) is 5.86. The Hall–Kier alpha value is -1.64. The monoisotopic (exact) mass is 358 g/mol. The molecule has 7 nitrogen and oxygen atoms in total. The molecule has 1 aromatic heterocycles. The smallest absolute Gasteiger partial charge is 0.260 e. The van der Waals surface area contributed by atoms with Crippen molar-refractivity contribution in [3.8, 4) is 11.5 Å². The van der Waals surface area contributed by atoms with Crippen LogP contribution in [0.2, 0.25) is 0 Å². The lowest BCUT2D eigenvalue weighted by molar-refractivity contribution is 0.229. The van der Waals surface area contributed by atoms with Gasteiger partial charge >= 0.3 is 0 Å². The van der Waals surface area contributed by atoms with Crippen LogP contribution in [0.4, 0.5) is 5.69 Å². The number of hydrogen-bond donors (Lipinski definition) is 2. The van der Waals surface area contributed by atoms with E-state index in [2.05, 4.69) is 14.9 Å². The van der Waals surface area contributed by atoms with Crippen LogP contribution < -0.4 is 10.5 Å². The number of nitrogens with zero attached hydrogens (tertiary/aromatic N) is 2. The summed E-state index contributed by atoms with van der Waals surface area (Å²) in [5.41, 5.74) is 7.58. The predicted molar refractivity (Wildman–Crippen MR) is 89.9 cm³/mol. The maximum Gasteiger partial charge on any atom is 0.260 e. The van der Waals surface area contributed by atoms with Crippen molar-refractivity contribution in [2.75, 3.05) is 11.0 Å². The minimum atomic E-state index is -3.40. The highest BCUT2D eigenvalue weighted by atomic mass is 35.5. The highest BCUT2D eigenvalue weighted by Crippen LogP contribution is 2.38. The van der Waals surface area contributed by atoms with Gasteiger partial charge in [0.05, 0.1) is 23.0 Å². The molecule has 23 heavy (non-hydrogen) atoms. The first-order chi connectivity index (χ1) is 10.3. The van der Waals surface area contributed by atoms with Crippen molar-refractivity contribution in [2.45, 2.75) is 31.7 Å². The molecule has 0 aliphatic heterocycles. The van der Waals surface area contributed by atoms with Gasteiger partial charge in [-0.1, -0.05) is 16.8 Å². The third kappa shape index (κ3) is 3.65. The van der Waals surface area contributed by atoms with Crippen molar-refractivity contribution >= 4 is 28.1 Å². The second-order valence-corrected chi connectivity index (χ2v) is 7.60. The maximum absolute atomic E-state index is 11.5. The molecule has 1 aliphatic carbocycles. The number of aromatic nitrogens is 2. The van der Waals surface area contributed by atoms with Gasteiger partial charge in [0.15, 0.2) is 5.82 Å². The summed E-state index contributed by atoms with van der Waals surface area (Å²) in [6, 6.07) is 5.29. The van der Waals surface area contributed by atoms with Gasteiger partial charge in [-0.25, -0.2) is 8.42 Å². The molecule has 0 saturated heterocycles. The lowest BCUT2D eigenvalue weighted by Gasteiger charge is -2.34. The molecule has 1 saturated carbocycles. The van der Waals surface area contributed by atoms with Gasteiger partial charge < -0.3 is 10.3 Å². The Morgan fingerprint density at radius 2 is 2.04 bits per heavy atom. The lowest BCUT2D eigenvalue weighted by Crippen LogP contribution is -2.44. The van der Waals surface area contributed by atoms with E-state index in [0.29, 0.717) is 17.1 Å². The van der Waals surface area contributed by atoms with Crippen molar-refractivity contribution in [3.63, 3.8) is 0 Å². The molecule has 1 aliphatic rings. The second kappa shape index (κ2) is 6.10. The summed E-state index contributed by atoms with van der Waals surface area (Å²) in [6.45, 7) is 1.90. The number of halogens is 1. The van der Waals surface area contributed by atoms with Crippen molar-refractivity contribution in [1.29, 1.82) is 0 Å². The lowest BCUT2D eigenvalue weighted by atomic mass is 9.77. The van der Waals surface area contributed by atoms with Gasteiger partial charge in [0.25, 0.3) is 5.89 Å². The van der Waals surface area contributed by atoms with Crippen LogP contribution in [0, 0.1) is 6.92 Å². The molecule has 1 heterocycles. The molecule has 2 aromatic rings. The average molecular weight is 359 g/mol. The van der Waals surface area contributed by atoms with E-state index >= 15 is 0 Å². The number of aryl methyl sites for hydroxylation is 1. The molecule has 1 fully saturated rings. The summed E-state index contributed by atoms with van der Waals surface area (Å²) in [4.78, 5) is 4.37. The average Bonchev–Trinajstić information content (AvgIpc) is 2.86. The predicted octanol–water partition coefficient (Wildman–Crippen LogP) is 2.18. The minimum Gasteiger partial charge on any atom is -0.334 e. The molecule has 9 heteroatoms. The summed E-state index contributed by atoms with van der Waals surface area (Å²) >= 11 is 0. The quantitative estimate of drug-likeness (QED) is 0.866. The van der Waals surface area contributed by atoms with Crippen LogP contribution in [0.5, 0.6) is 0 Å². The highest BCUT2D eigenvalue weighted by Gasteiger charge is 2.39. The molecule has 0 radical (unpaired) electrons. The Morgan fingerprint density at radius 1 is 1.35 bits per heavy atom. The van der Waals surface area contributed by atoms with Crippen LogP contribution in [-0.2, 0) is 15.6 Å². The highest BCUT2D eigenvalue weighted by molar-refractivity contribution is 7.92. The zero-order valence-corrected chi connectivity index (χ0v) is 14.5. The van der Waals surface area contributed by atoms with E-state index in [-0.39, 0.29) is 18.3 Å². The van der Waals surface area contributed by atoms with Crippen molar-refractivity contribution in [1.82, 2.24) is 10.1 Å². The van der Waals surface area contributed by atoms with Crippen LogP contribution in [-0.4, -0.2) is 24.8 Å². The van der Waals surface area contributed by atoms with Gasteiger partial charge in [-0.05, 0) is 38.3 Å². The summed E-state index contributed by atoms with van der Waals surface area (Å²) in [6.07, 6.45) is 3.80. The van der Waals surface area contributed by atoms with E-state index in [9.17, 15) is 8.42 Å². The van der Waals surface area contributed by atoms with Crippen LogP contribution in [0.3, 0.4) is 0 Å². The Labute approximate surface area is 141 Å². The van der Waals surface area contributed by atoms with E-state index in [1.165, 1.54) is 0 Å². The fourth-order valence-electron chi connectivity index (χ4n) is 2.44. The Kier molecular flexibility index (Phi) is 4.70. The van der Waals surface area contributed by atoms with E-state index in [4.69, 9.17) is 10.3 Å². The van der Waals surface area contributed by atoms with E-state index in [1.807, 2.05) is 13.0 Å². The van der Waals surface area contributed by atoms with Crippen LogP contribution in [0.25, 0.3) is 11.5 Å². The standard InChI is InChI=1S/C14H18N4O3S.ClH/c1-9-4-5-11(18-22(2,19)20)10(8-9)12-16-13(17-21-12)14(15)6-3-7-14;/h4-5,8,18H,3,6-7,15H2,1-2H3;1H. The molecule has 0 amide bonds. The largest absolute Gasteiger partial charge is 0.334 e. The molecule has 1 aromatic carbocycles. The summed E-state index contributed by atoms with van der Waals surface area (Å²) in [5.74, 6) is 0.738. The van der Waals surface area contributed by atoms with E-state index in [0.717, 1.165) is 31.1 Å². The zero-order chi connectivity index (χ0) is 16.0. The number of nitrogens with two attached hydrogens (primary N) is 1. The molecular weight excluding hydrogens is 340 g/mol.